The zero-order valence-electron chi connectivity index (χ0n) is 39.6. The first-order valence-corrected chi connectivity index (χ1v) is 23.8. The number of hydrogen-bond acceptors (Lipinski definition) is 4. The largest absolute Gasteiger partial charge is 0.495 e. The molecule has 6 heteroatoms. The highest BCUT2D eigenvalue weighted by atomic mass is 16.7. The van der Waals surface area contributed by atoms with E-state index in [-0.39, 0.29) is 0 Å². The average molecular weight is 801 g/mol. The quantitative estimate of drug-likeness (QED) is 0.0538. The molecule has 0 amide bonds. The second kappa shape index (κ2) is 18.8. The Hall–Kier alpha value is -2.63. The van der Waals surface area contributed by atoms with Crippen molar-refractivity contribution in [3.63, 3.8) is 0 Å². The maximum Gasteiger partial charge on any atom is 0.495 e. The van der Waals surface area contributed by atoms with Gasteiger partial charge in [0.15, 0.2) is 0 Å². The van der Waals surface area contributed by atoms with Crippen LogP contribution in [0.1, 0.15) is 187 Å². The highest BCUT2D eigenvalue weighted by Gasteiger charge is 2.53. The first-order valence-electron chi connectivity index (χ1n) is 23.8. The molecule has 0 atom stereocenters. The van der Waals surface area contributed by atoms with E-state index in [1.807, 2.05) is 0 Å². The molecule has 4 aromatic rings. The first kappa shape index (κ1) is 45.9. The average Bonchev–Trinajstić information content (AvgIpc) is 3.53. The third-order valence-corrected chi connectivity index (χ3v) is 14.5. The van der Waals surface area contributed by atoms with Crippen LogP contribution in [0.4, 0.5) is 0 Å². The molecule has 0 bridgehead atoms. The van der Waals surface area contributed by atoms with Crippen LogP contribution in [0.15, 0.2) is 42.5 Å². The van der Waals surface area contributed by atoms with Gasteiger partial charge in [-0.25, -0.2) is 0 Å². The molecule has 0 saturated carbocycles. The van der Waals surface area contributed by atoms with Crippen LogP contribution in [0, 0.1) is 13.8 Å². The van der Waals surface area contributed by atoms with E-state index in [2.05, 4.69) is 132 Å². The monoisotopic (exact) mass is 801 g/mol. The number of rotatable bonds is 19. The van der Waals surface area contributed by atoms with Crippen molar-refractivity contribution in [2.45, 2.75) is 215 Å². The summed E-state index contributed by atoms with van der Waals surface area (Å²) in [7, 11) is -0.855. The van der Waals surface area contributed by atoms with Gasteiger partial charge in [-0.1, -0.05) is 139 Å². The van der Waals surface area contributed by atoms with E-state index in [1.165, 1.54) is 138 Å². The second-order valence-electron chi connectivity index (χ2n) is 20.4. The Morgan fingerprint density at radius 2 is 0.780 bits per heavy atom. The van der Waals surface area contributed by atoms with Gasteiger partial charge in [0.2, 0.25) is 0 Å². The minimum absolute atomic E-state index is 0.415. The van der Waals surface area contributed by atoms with E-state index in [0.717, 1.165) is 36.6 Å². The van der Waals surface area contributed by atoms with Crippen LogP contribution in [0.25, 0.3) is 32.7 Å². The Morgan fingerprint density at radius 3 is 1.22 bits per heavy atom. The standard InChI is InChI=1S/C53H78B2O4/c1-14-17-20-23-26-29-42-45-35-47(54-56-50(6,7)51(8,9)57-54)37(4)30-43(45)44-31-38(5)48(55-58-52(10,11)53(12,13)59-55)36-46(44)49(42)41-33-39(27-24-21-18-15-2)32-40(34-41)28-25-22-19-16-3/h30-36H,14-29H2,1-13H3. The minimum atomic E-state index is -0.433. The van der Waals surface area contributed by atoms with E-state index in [9.17, 15) is 0 Å². The maximum atomic E-state index is 6.79. The van der Waals surface area contributed by atoms with E-state index >= 15 is 0 Å². The van der Waals surface area contributed by atoms with Gasteiger partial charge in [-0.3, -0.25) is 0 Å². The summed E-state index contributed by atoms with van der Waals surface area (Å²) in [4.78, 5) is 0. The summed E-state index contributed by atoms with van der Waals surface area (Å²) in [5.74, 6) is 0. The van der Waals surface area contributed by atoms with Crippen molar-refractivity contribution >= 4 is 46.7 Å². The second-order valence-corrected chi connectivity index (χ2v) is 20.4. The third kappa shape index (κ3) is 9.88. The van der Waals surface area contributed by atoms with Gasteiger partial charge in [-0.2, -0.15) is 0 Å². The molecule has 2 aliphatic rings. The SMILES string of the molecule is CCCCCCCc1c(-c2cc(CCCCCC)cc(CCCCCC)c2)c2cc(B3OC(C)(C)C(C)(C)O3)c(C)cc2c2cc(C)c(B3OC(C)(C)C(C)(C)O3)cc12. The van der Waals surface area contributed by atoms with Crippen molar-refractivity contribution in [2.24, 2.45) is 0 Å². The molecule has 4 nitrogen and oxygen atoms in total. The molecule has 0 aromatic heterocycles. The molecule has 59 heavy (non-hydrogen) atoms. The van der Waals surface area contributed by atoms with Crippen LogP contribution in [0.2, 0.25) is 0 Å². The molecule has 320 valence electrons. The van der Waals surface area contributed by atoms with Crippen LogP contribution in [0.5, 0.6) is 0 Å². The van der Waals surface area contributed by atoms with E-state index in [4.69, 9.17) is 18.6 Å². The molecule has 6 rings (SSSR count). The van der Waals surface area contributed by atoms with Crippen LogP contribution >= 0.6 is 0 Å². The summed E-state index contributed by atoms with van der Waals surface area (Å²) in [6.45, 7) is 28.7. The van der Waals surface area contributed by atoms with Crippen LogP contribution in [-0.4, -0.2) is 36.6 Å². The van der Waals surface area contributed by atoms with E-state index < -0.39 is 36.6 Å². The molecule has 0 aliphatic carbocycles. The summed E-state index contributed by atoms with van der Waals surface area (Å²) in [6, 6.07) is 17.4. The third-order valence-electron chi connectivity index (χ3n) is 14.5. The van der Waals surface area contributed by atoms with Gasteiger partial charge in [0, 0.05) is 0 Å². The molecule has 0 spiro atoms. The zero-order chi connectivity index (χ0) is 42.8. The lowest BCUT2D eigenvalue weighted by molar-refractivity contribution is 0.00578. The number of unbranched alkanes of at least 4 members (excludes halogenated alkanes) is 10. The first-order chi connectivity index (χ1) is 27.9. The number of aryl methyl sites for hydroxylation is 5. The van der Waals surface area contributed by atoms with Gasteiger partial charge >= 0.3 is 14.2 Å². The Labute approximate surface area is 360 Å². The summed E-state index contributed by atoms with van der Waals surface area (Å²) in [6.07, 6.45) is 19.6. The topological polar surface area (TPSA) is 36.9 Å². The zero-order valence-corrected chi connectivity index (χ0v) is 39.6. The molecule has 2 saturated heterocycles. The van der Waals surface area contributed by atoms with Crippen molar-refractivity contribution in [3.05, 3.63) is 70.3 Å². The lowest BCUT2D eigenvalue weighted by Crippen LogP contribution is -2.41. The Morgan fingerprint density at radius 1 is 0.407 bits per heavy atom. The highest BCUT2D eigenvalue weighted by molar-refractivity contribution is 6.63. The maximum absolute atomic E-state index is 6.79. The van der Waals surface area contributed by atoms with E-state index in [1.54, 1.807) is 0 Å². The summed E-state index contributed by atoms with van der Waals surface area (Å²) < 4.78 is 27.1. The van der Waals surface area contributed by atoms with Crippen molar-refractivity contribution in [2.75, 3.05) is 0 Å². The normalized spacial score (nSPS) is 18.2. The molecular weight excluding hydrogens is 722 g/mol. The predicted octanol–water partition coefficient (Wildman–Crippen LogP) is 13.6. The van der Waals surface area contributed by atoms with Gasteiger partial charge in [0.25, 0.3) is 0 Å². The van der Waals surface area contributed by atoms with Gasteiger partial charge in [-0.05, 0) is 168 Å². The highest BCUT2D eigenvalue weighted by Crippen LogP contribution is 2.44. The van der Waals surface area contributed by atoms with E-state index in [0.29, 0.717) is 0 Å². The molecule has 4 aromatic carbocycles. The van der Waals surface area contributed by atoms with Crippen molar-refractivity contribution in [3.8, 4) is 11.1 Å². The molecular formula is C53H78B2O4. The van der Waals surface area contributed by atoms with Crippen molar-refractivity contribution < 1.29 is 18.6 Å². The van der Waals surface area contributed by atoms with Gasteiger partial charge in [0.1, 0.15) is 0 Å². The summed E-state index contributed by atoms with van der Waals surface area (Å²) >= 11 is 0. The van der Waals surface area contributed by atoms with Gasteiger partial charge in [0.05, 0.1) is 22.4 Å². The summed E-state index contributed by atoms with van der Waals surface area (Å²) in [5.41, 5.74) is 10.2. The fraction of sp³-hybridized carbons (Fsp3) is 0.623. The number of hydrogen-bond donors (Lipinski definition) is 0. The smallest absolute Gasteiger partial charge is 0.399 e. The fourth-order valence-corrected chi connectivity index (χ4v) is 9.30. The van der Waals surface area contributed by atoms with Gasteiger partial charge < -0.3 is 18.6 Å². The minimum Gasteiger partial charge on any atom is -0.399 e. The predicted molar refractivity (Wildman–Crippen MR) is 256 cm³/mol. The van der Waals surface area contributed by atoms with Crippen LogP contribution in [-0.2, 0) is 37.9 Å². The lowest BCUT2D eigenvalue weighted by Gasteiger charge is -2.32. The Balaban J connectivity index is 1.65. The molecule has 0 radical (unpaired) electrons. The molecule has 0 unspecified atom stereocenters. The van der Waals surface area contributed by atoms with Crippen LogP contribution < -0.4 is 10.9 Å². The molecule has 2 aliphatic heterocycles. The number of fused-ring (bicyclic) bond motifs is 3. The number of benzene rings is 4. The van der Waals surface area contributed by atoms with Crippen molar-refractivity contribution in [1.29, 1.82) is 0 Å². The molecule has 2 fully saturated rings. The summed E-state index contributed by atoms with van der Waals surface area (Å²) in [5, 5.41) is 5.24. The molecule has 0 N–H and O–H groups in total. The fourth-order valence-electron chi connectivity index (χ4n) is 9.30. The lowest BCUT2D eigenvalue weighted by atomic mass is 9.71. The Kier molecular flexibility index (Phi) is 14.6. The Bertz CT molecular complexity index is 2020. The van der Waals surface area contributed by atoms with Crippen LogP contribution in [0.3, 0.4) is 0 Å². The van der Waals surface area contributed by atoms with Gasteiger partial charge in [-0.15, -0.1) is 0 Å². The van der Waals surface area contributed by atoms with Crippen molar-refractivity contribution in [1.82, 2.24) is 0 Å². The molecule has 2 heterocycles.